The van der Waals surface area contributed by atoms with Crippen LogP contribution in [0.25, 0.3) is 11.1 Å². The van der Waals surface area contributed by atoms with Crippen molar-refractivity contribution in [2.24, 2.45) is 5.92 Å². The highest BCUT2D eigenvalue weighted by Crippen LogP contribution is 2.20. The van der Waals surface area contributed by atoms with Gasteiger partial charge in [-0.3, -0.25) is 4.68 Å². The molecule has 1 aliphatic rings. The average Bonchev–Trinajstić information content (AvgIpc) is 2.72. The molecule has 88 valence electrons. The van der Waals surface area contributed by atoms with E-state index in [1.54, 1.807) is 0 Å². The zero-order valence-corrected chi connectivity index (χ0v) is 10.1. The zero-order chi connectivity index (χ0) is 11.7. The van der Waals surface area contributed by atoms with Gasteiger partial charge in [-0.2, -0.15) is 5.10 Å². The van der Waals surface area contributed by atoms with Crippen molar-refractivity contribution < 1.29 is 0 Å². The zero-order valence-electron chi connectivity index (χ0n) is 10.1. The fourth-order valence-electron chi connectivity index (χ4n) is 2.18. The number of nitrogens with zero attached hydrogens (tertiary/aromatic N) is 2. The summed E-state index contributed by atoms with van der Waals surface area (Å²) in [6, 6.07) is 8.55. The molecule has 1 aromatic carbocycles. The number of aryl methyl sites for hydroxylation is 1. The monoisotopic (exact) mass is 227 g/mol. The fraction of sp³-hybridized carbons (Fsp3) is 0.357. The van der Waals surface area contributed by atoms with E-state index in [-0.39, 0.29) is 0 Å². The lowest BCUT2D eigenvalue weighted by atomic mass is 10.0. The molecule has 0 amide bonds. The van der Waals surface area contributed by atoms with Gasteiger partial charge in [0, 0.05) is 37.3 Å². The number of nitrogens with one attached hydrogen (secondary N) is 1. The molecule has 1 N–H and O–H groups in total. The molecule has 0 bridgehead atoms. The van der Waals surface area contributed by atoms with Crippen LogP contribution < -0.4 is 5.32 Å². The smallest absolute Gasteiger partial charge is 0.0568 e. The molecule has 2 aromatic rings. The highest BCUT2D eigenvalue weighted by atomic mass is 15.3. The second-order valence-corrected chi connectivity index (χ2v) is 4.84. The molecule has 0 spiro atoms. The fourth-order valence-corrected chi connectivity index (χ4v) is 2.18. The lowest BCUT2D eigenvalue weighted by Gasteiger charge is -2.26. The van der Waals surface area contributed by atoms with Crippen molar-refractivity contribution in [3.63, 3.8) is 0 Å². The highest BCUT2D eigenvalue weighted by molar-refractivity contribution is 5.62. The van der Waals surface area contributed by atoms with E-state index in [0.717, 1.165) is 25.6 Å². The van der Waals surface area contributed by atoms with Crippen molar-refractivity contribution >= 4 is 0 Å². The minimum absolute atomic E-state index is 0.750. The lowest BCUT2D eigenvalue weighted by Crippen LogP contribution is -2.44. The topological polar surface area (TPSA) is 29.9 Å². The predicted octanol–water partition coefficient (Wildman–Crippen LogP) is 2.08. The summed E-state index contributed by atoms with van der Waals surface area (Å²) in [6.45, 7) is 5.39. The molecule has 1 fully saturated rings. The Labute approximate surface area is 101 Å². The number of benzene rings is 1. The van der Waals surface area contributed by atoms with Crippen LogP contribution in [0.1, 0.15) is 5.56 Å². The molecule has 3 rings (SSSR count). The Bertz CT molecular complexity index is 512. The Morgan fingerprint density at radius 2 is 2.24 bits per heavy atom. The second kappa shape index (κ2) is 4.34. The summed E-state index contributed by atoms with van der Waals surface area (Å²) in [7, 11) is 0. The summed E-state index contributed by atoms with van der Waals surface area (Å²) in [6.07, 6.45) is 4.11. The molecule has 0 saturated carbocycles. The van der Waals surface area contributed by atoms with E-state index in [4.69, 9.17) is 0 Å². The van der Waals surface area contributed by atoms with Gasteiger partial charge in [-0.15, -0.1) is 0 Å². The highest BCUT2D eigenvalue weighted by Gasteiger charge is 2.17. The van der Waals surface area contributed by atoms with Gasteiger partial charge in [0.1, 0.15) is 0 Å². The van der Waals surface area contributed by atoms with Crippen LogP contribution in [0, 0.1) is 12.8 Å². The van der Waals surface area contributed by atoms with E-state index < -0.39 is 0 Å². The minimum Gasteiger partial charge on any atom is -0.316 e. The van der Waals surface area contributed by atoms with Crippen molar-refractivity contribution in [1.82, 2.24) is 15.1 Å². The van der Waals surface area contributed by atoms with Gasteiger partial charge in [0.15, 0.2) is 0 Å². The van der Waals surface area contributed by atoms with E-state index in [0.29, 0.717) is 0 Å². The summed E-state index contributed by atoms with van der Waals surface area (Å²) in [5.41, 5.74) is 3.75. The molecule has 0 unspecified atom stereocenters. The van der Waals surface area contributed by atoms with Gasteiger partial charge < -0.3 is 5.32 Å². The first-order valence-corrected chi connectivity index (χ1v) is 6.11. The molecule has 1 saturated heterocycles. The largest absolute Gasteiger partial charge is 0.316 e. The Morgan fingerprint density at radius 3 is 2.94 bits per heavy atom. The van der Waals surface area contributed by atoms with Gasteiger partial charge in [-0.1, -0.05) is 29.8 Å². The van der Waals surface area contributed by atoms with E-state index in [2.05, 4.69) is 52.5 Å². The van der Waals surface area contributed by atoms with Crippen molar-refractivity contribution in [3.05, 3.63) is 42.2 Å². The number of aromatic nitrogens is 2. The first-order chi connectivity index (χ1) is 8.31. The molecule has 1 aliphatic heterocycles. The van der Waals surface area contributed by atoms with Gasteiger partial charge in [0.25, 0.3) is 0 Å². The van der Waals surface area contributed by atoms with Crippen LogP contribution in [0.15, 0.2) is 36.7 Å². The average molecular weight is 227 g/mol. The van der Waals surface area contributed by atoms with Crippen molar-refractivity contribution in [2.45, 2.75) is 13.5 Å². The van der Waals surface area contributed by atoms with Crippen LogP contribution in [0.4, 0.5) is 0 Å². The Kier molecular flexibility index (Phi) is 2.69. The van der Waals surface area contributed by atoms with Gasteiger partial charge >= 0.3 is 0 Å². The van der Waals surface area contributed by atoms with Crippen LogP contribution >= 0.6 is 0 Å². The predicted molar refractivity (Wildman–Crippen MR) is 68.8 cm³/mol. The van der Waals surface area contributed by atoms with Gasteiger partial charge in [0.2, 0.25) is 0 Å². The third-order valence-electron chi connectivity index (χ3n) is 3.30. The van der Waals surface area contributed by atoms with Crippen molar-refractivity contribution in [2.75, 3.05) is 13.1 Å². The quantitative estimate of drug-likeness (QED) is 0.870. The summed E-state index contributed by atoms with van der Waals surface area (Å²) >= 11 is 0. The van der Waals surface area contributed by atoms with Crippen LogP contribution in [0.3, 0.4) is 0 Å². The third-order valence-corrected chi connectivity index (χ3v) is 3.30. The first-order valence-electron chi connectivity index (χ1n) is 6.11. The van der Waals surface area contributed by atoms with Gasteiger partial charge in [0.05, 0.1) is 6.20 Å². The number of hydrogen-bond acceptors (Lipinski definition) is 2. The molecular formula is C14H17N3. The minimum atomic E-state index is 0.750. The maximum absolute atomic E-state index is 4.43. The normalized spacial score (nSPS) is 15.8. The van der Waals surface area contributed by atoms with E-state index >= 15 is 0 Å². The van der Waals surface area contributed by atoms with Crippen molar-refractivity contribution in [3.8, 4) is 11.1 Å². The molecular weight excluding hydrogens is 210 g/mol. The van der Waals surface area contributed by atoms with E-state index in [9.17, 15) is 0 Å². The molecule has 3 heteroatoms. The van der Waals surface area contributed by atoms with Gasteiger partial charge in [-0.05, 0) is 12.5 Å². The Balaban J connectivity index is 1.79. The van der Waals surface area contributed by atoms with Crippen molar-refractivity contribution in [1.29, 1.82) is 0 Å². The molecule has 17 heavy (non-hydrogen) atoms. The lowest BCUT2D eigenvalue weighted by molar-refractivity contribution is 0.295. The molecule has 0 atom stereocenters. The molecule has 0 radical (unpaired) electrons. The standard InChI is InChI=1S/C14H17N3/c1-11-3-2-4-13(5-11)14-8-16-17(10-14)9-12-6-15-7-12/h2-5,8,10,12,15H,6-7,9H2,1H3. The third kappa shape index (κ3) is 2.24. The Hall–Kier alpha value is -1.61. The molecule has 0 aliphatic carbocycles. The Morgan fingerprint density at radius 1 is 1.35 bits per heavy atom. The molecule has 1 aromatic heterocycles. The second-order valence-electron chi connectivity index (χ2n) is 4.84. The van der Waals surface area contributed by atoms with Crippen LogP contribution in [-0.4, -0.2) is 22.9 Å². The molecule has 2 heterocycles. The summed E-state index contributed by atoms with van der Waals surface area (Å²) in [5, 5.41) is 7.72. The SMILES string of the molecule is Cc1cccc(-c2cnn(CC3CNC3)c2)c1. The van der Waals surface area contributed by atoms with Crippen LogP contribution in [-0.2, 0) is 6.54 Å². The summed E-state index contributed by atoms with van der Waals surface area (Å²) in [5.74, 6) is 0.750. The van der Waals surface area contributed by atoms with Gasteiger partial charge in [-0.25, -0.2) is 0 Å². The summed E-state index contributed by atoms with van der Waals surface area (Å²) in [4.78, 5) is 0. The van der Waals surface area contributed by atoms with E-state index in [1.807, 2.05) is 6.20 Å². The first kappa shape index (κ1) is 10.5. The maximum atomic E-state index is 4.43. The number of hydrogen-bond donors (Lipinski definition) is 1. The summed E-state index contributed by atoms with van der Waals surface area (Å²) < 4.78 is 2.06. The van der Waals surface area contributed by atoms with Crippen LogP contribution in [0.5, 0.6) is 0 Å². The maximum Gasteiger partial charge on any atom is 0.0568 e. The molecule has 3 nitrogen and oxygen atoms in total. The van der Waals surface area contributed by atoms with E-state index in [1.165, 1.54) is 16.7 Å². The number of rotatable bonds is 3. The van der Waals surface area contributed by atoms with Crippen LogP contribution in [0.2, 0.25) is 0 Å².